The van der Waals surface area contributed by atoms with Crippen LogP contribution in [0.15, 0.2) is 24.3 Å². The lowest BCUT2D eigenvalue weighted by Crippen LogP contribution is -2.54. The second-order valence-electron chi connectivity index (χ2n) is 12.8. The van der Waals surface area contributed by atoms with E-state index in [1.165, 1.54) is 0 Å². The molecule has 0 aliphatic heterocycles. The molecule has 0 bridgehead atoms. The van der Waals surface area contributed by atoms with Crippen molar-refractivity contribution < 1.29 is 69.7 Å². The number of hydrogen-bond acceptors (Lipinski definition) is 10. The smallest absolute Gasteiger partial charge is 0.313 e. The van der Waals surface area contributed by atoms with Gasteiger partial charge in [0.2, 0.25) is 52.6 Å². The van der Waals surface area contributed by atoms with Crippen LogP contribution in [0.25, 0.3) is 0 Å². The predicted molar refractivity (Wildman–Crippen MR) is 188 cm³/mol. The number of primary amides is 1. The molecule has 0 radical (unpaired) electrons. The van der Waals surface area contributed by atoms with Gasteiger partial charge in [0.05, 0.1) is 38.8 Å². The summed E-state index contributed by atoms with van der Waals surface area (Å²) < 4.78 is 86.9. The van der Waals surface area contributed by atoms with Crippen LogP contribution in [0, 0.1) is 40.9 Å². The van der Waals surface area contributed by atoms with Gasteiger partial charge in [0.1, 0.15) is 18.7 Å². The lowest BCUT2D eigenvalue weighted by atomic mass is 10.0. The molecule has 0 aromatic heterocycles. The molecule has 0 saturated carbocycles. The van der Waals surface area contributed by atoms with E-state index < -0.39 is 89.0 Å². The fourth-order valence-electron chi connectivity index (χ4n) is 4.55. The highest BCUT2D eigenvalue weighted by Crippen LogP contribution is 2.29. The van der Waals surface area contributed by atoms with Gasteiger partial charge < -0.3 is 45.9 Å². The van der Waals surface area contributed by atoms with Gasteiger partial charge in [-0.15, -0.1) is 0 Å². The summed E-state index contributed by atoms with van der Waals surface area (Å²) in [5.41, 5.74) is 6.20. The van der Waals surface area contributed by atoms with Crippen LogP contribution in [-0.4, -0.2) is 80.7 Å². The molecule has 0 unspecified atom stereocenters. The minimum atomic E-state index is -2.40. The Balaban J connectivity index is 1.83. The van der Waals surface area contributed by atoms with Gasteiger partial charge >= 0.3 is 18.0 Å². The second kappa shape index (κ2) is 23.5. The van der Waals surface area contributed by atoms with E-state index >= 15 is 0 Å². The van der Waals surface area contributed by atoms with Gasteiger partial charge in [0, 0.05) is 18.7 Å². The summed E-state index contributed by atoms with van der Waals surface area (Å²) >= 11 is 0. The Hall–Kier alpha value is -5.37. The number of carbonyl (C=O) groups is 6. The summed E-state index contributed by atoms with van der Waals surface area (Å²) in [5, 5.41) is 10.4. The maximum atomic E-state index is 13.7. The summed E-state index contributed by atoms with van der Waals surface area (Å²) in [6, 6.07) is 3.64. The highest BCUT2D eigenvalue weighted by atomic mass is 19.2. The molecule has 6 N–H and O–H groups in total. The number of esters is 2. The van der Waals surface area contributed by atoms with Crippen molar-refractivity contribution in [2.24, 2.45) is 17.6 Å². The highest BCUT2D eigenvalue weighted by molar-refractivity contribution is 5.98. The van der Waals surface area contributed by atoms with E-state index in [9.17, 15) is 50.7 Å². The van der Waals surface area contributed by atoms with Crippen LogP contribution in [0.5, 0.6) is 5.75 Å². The van der Waals surface area contributed by atoms with Crippen LogP contribution < -0.4 is 31.7 Å². The zero-order valence-corrected chi connectivity index (χ0v) is 31.2. The molecule has 0 saturated heterocycles. The molecular formula is C36H46F5N5O10. The van der Waals surface area contributed by atoms with Gasteiger partial charge in [0.15, 0.2) is 0 Å². The molecule has 20 heteroatoms. The molecule has 0 aliphatic carbocycles. The average molecular weight is 804 g/mol. The molecule has 0 spiro atoms. The lowest BCUT2D eigenvalue weighted by Gasteiger charge is -2.25. The fourth-order valence-corrected chi connectivity index (χ4v) is 4.55. The third kappa shape index (κ3) is 15.8. The summed E-state index contributed by atoms with van der Waals surface area (Å²) in [5.74, 6) is -17.4. The number of carbonyl (C=O) groups excluding carboxylic acids is 6. The third-order valence-electron chi connectivity index (χ3n) is 7.62. The number of anilines is 1. The topological polar surface area (TPSA) is 213 Å². The minimum Gasteiger partial charge on any atom is -0.461 e. The second-order valence-corrected chi connectivity index (χ2v) is 12.8. The number of hydrogen-bond donors (Lipinski definition) is 5. The Morgan fingerprint density at radius 2 is 1.30 bits per heavy atom. The van der Waals surface area contributed by atoms with Gasteiger partial charge in [0.25, 0.3) is 0 Å². The Morgan fingerprint density at radius 3 is 1.86 bits per heavy atom. The van der Waals surface area contributed by atoms with E-state index in [0.717, 1.165) is 0 Å². The Bertz CT molecular complexity index is 1650. The standard InChI is InChI=1S/C36H46F5N5O10/c1-19(2)31(46-24(47)11-14-53-16-17-54-15-12-25(48)56-32-29(40)27(38)26(37)28(39)30(32)41)34(50)45-23(6-5-13-43-36(42)52)33(49)44-22-9-7-21(8-10-22)18-55-35(51)20(3)4/h7-10,19-20,23,31H,5-6,11-18H2,1-4H3,(H,44,49)(H,45,50)(H,46,47)(H3,42,43,52)/t23-,31-/m0/s1. The summed E-state index contributed by atoms with van der Waals surface area (Å²) in [6.45, 7) is 6.33. The number of halogens is 5. The number of nitrogens with two attached hydrogens (primary N) is 1. The quantitative estimate of drug-likeness (QED) is 0.0275. The Kier molecular flexibility index (Phi) is 19.7. The predicted octanol–water partition coefficient (Wildman–Crippen LogP) is 3.51. The SMILES string of the molecule is CC(C)C(=O)OCc1ccc(NC(=O)[C@H](CCCNC(N)=O)NC(=O)[C@@H](NC(=O)CCOCCOCCC(=O)Oc2c(F)c(F)c(F)c(F)c2F)C(C)C)cc1. The first-order valence-corrected chi connectivity index (χ1v) is 17.5. The first kappa shape index (κ1) is 46.8. The molecule has 0 fully saturated rings. The van der Waals surface area contributed by atoms with Crippen LogP contribution in [0.3, 0.4) is 0 Å². The number of benzene rings is 2. The molecule has 2 atom stereocenters. The first-order chi connectivity index (χ1) is 26.4. The largest absolute Gasteiger partial charge is 0.461 e. The summed E-state index contributed by atoms with van der Waals surface area (Å²) in [4.78, 5) is 74.0. The van der Waals surface area contributed by atoms with Gasteiger partial charge in [-0.25, -0.2) is 18.0 Å². The molecule has 0 heterocycles. The molecular weight excluding hydrogens is 757 g/mol. The van der Waals surface area contributed by atoms with Crippen molar-refractivity contribution in [2.75, 3.05) is 38.3 Å². The number of nitrogens with one attached hydrogen (secondary N) is 4. The van der Waals surface area contributed by atoms with Crippen LogP contribution in [0.1, 0.15) is 58.9 Å². The highest BCUT2D eigenvalue weighted by Gasteiger charge is 2.30. The molecule has 2 rings (SSSR count). The maximum Gasteiger partial charge on any atom is 0.313 e. The van der Waals surface area contributed by atoms with Crippen molar-refractivity contribution in [1.82, 2.24) is 16.0 Å². The van der Waals surface area contributed by atoms with E-state index in [1.54, 1.807) is 52.0 Å². The van der Waals surface area contributed by atoms with E-state index in [-0.39, 0.29) is 70.7 Å². The normalized spacial score (nSPS) is 12.1. The Labute approximate surface area is 319 Å². The molecule has 2 aromatic rings. The molecule has 15 nitrogen and oxygen atoms in total. The van der Waals surface area contributed by atoms with Gasteiger partial charge in [-0.3, -0.25) is 24.0 Å². The monoisotopic (exact) mass is 803 g/mol. The third-order valence-corrected chi connectivity index (χ3v) is 7.62. The van der Waals surface area contributed by atoms with Crippen molar-refractivity contribution in [3.05, 3.63) is 58.9 Å². The fraction of sp³-hybridized carbons (Fsp3) is 0.500. The molecule has 5 amide bonds. The maximum absolute atomic E-state index is 13.7. The van der Waals surface area contributed by atoms with Crippen molar-refractivity contribution >= 4 is 41.4 Å². The first-order valence-electron chi connectivity index (χ1n) is 17.5. The molecule has 2 aromatic carbocycles. The molecule has 310 valence electrons. The van der Waals surface area contributed by atoms with E-state index in [4.69, 9.17) is 19.9 Å². The van der Waals surface area contributed by atoms with E-state index in [1.807, 2.05) is 0 Å². The van der Waals surface area contributed by atoms with Crippen molar-refractivity contribution in [3.8, 4) is 5.75 Å². The molecule has 0 aliphatic rings. The zero-order valence-electron chi connectivity index (χ0n) is 31.2. The van der Waals surface area contributed by atoms with Crippen LogP contribution in [0.2, 0.25) is 0 Å². The number of amides is 5. The Morgan fingerprint density at radius 1 is 0.732 bits per heavy atom. The average Bonchev–Trinajstić information content (AvgIpc) is 3.15. The number of urea groups is 1. The van der Waals surface area contributed by atoms with Gasteiger partial charge in [-0.1, -0.05) is 39.8 Å². The number of rotatable bonds is 23. The van der Waals surface area contributed by atoms with Crippen LogP contribution in [0.4, 0.5) is 32.4 Å². The van der Waals surface area contributed by atoms with Crippen LogP contribution >= 0.6 is 0 Å². The van der Waals surface area contributed by atoms with Crippen molar-refractivity contribution in [3.63, 3.8) is 0 Å². The van der Waals surface area contributed by atoms with E-state index in [0.29, 0.717) is 11.3 Å². The van der Waals surface area contributed by atoms with Crippen molar-refractivity contribution in [1.29, 1.82) is 0 Å². The van der Waals surface area contributed by atoms with Gasteiger partial charge in [-0.05, 0) is 36.5 Å². The van der Waals surface area contributed by atoms with Crippen molar-refractivity contribution in [2.45, 2.75) is 72.1 Å². The lowest BCUT2D eigenvalue weighted by molar-refractivity contribution is -0.148. The van der Waals surface area contributed by atoms with Crippen LogP contribution in [-0.2, 0) is 44.8 Å². The summed E-state index contributed by atoms with van der Waals surface area (Å²) in [7, 11) is 0. The molecule has 56 heavy (non-hydrogen) atoms. The van der Waals surface area contributed by atoms with E-state index in [2.05, 4.69) is 26.0 Å². The minimum absolute atomic E-state index is 0.0493. The number of ether oxygens (including phenoxy) is 4. The summed E-state index contributed by atoms with van der Waals surface area (Å²) in [6.07, 6.45) is -0.412. The van der Waals surface area contributed by atoms with Gasteiger partial charge in [-0.2, -0.15) is 8.78 Å². The zero-order chi connectivity index (χ0) is 41.9.